The van der Waals surface area contributed by atoms with Crippen LogP contribution in [0, 0.1) is 0 Å². The fraction of sp³-hybridized carbons (Fsp3) is 0.789. The van der Waals surface area contributed by atoms with Crippen molar-refractivity contribution >= 4 is 5.96 Å². The summed E-state index contributed by atoms with van der Waals surface area (Å²) >= 11 is 0. The minimum absolute atomic E-state index is 0.372. The minimum Gasteiger partial charge on any atom is -0.385 e. The van der Waals surface area contributed by atoms with Crippen LogP contribution >= 0.6 is 0 Å². The number of hydrogen-bond acceptors (Lipinski definition) is 5. The quantitative estimate of drug-likeness (QED) is 0.397. The van der Waals surface area contributed by atoms with Crippen LogP contribution in [-0.2, 0) is 11.3 Å². The van der Waals surface area contributed by atoms with Crippen LogP contribution in [0.2, 0.25) is 0 Å². The lowest BCUT2D eigenvalue weighted by Crippen LogP contribution is -2.48. The fourth-order valence-corrected chi connectivity index (χ4v) is 3.08. The van der Waals surface area contributed by atoms with E-state index in [1.54, 1.807) is 7.11 Å². The number of nitrogens with zero attached hydrogens (tertiary/aromatic N) is 3. The predicted molar refractivity (Wildman–Crippen MR) is 104 cm³/mol. The van der Waals surface area contributed by atoms with Crippen molar-refractivity contribution in [1.29, 1.82) is 0 Å². The summed E-state index contributed by atoms with van der Waals surface area (Å²) in [6.45, 7) is 11.9. The van der Waals surface area contributed by atoms with Crippen molar-refractivity contribution in [3.8, 4) is 0 Å². The van der Waals surface area contributed by atoms with Gasteiger partial charge in [0.15, 0.2) is 11.7 Å². The molecule has 1 aliphatic heterocycles. The van der Waals surface area contributed by atoms with Crippen LogP contribution in [0.4, 0.5) is 0 Å². The van der Waals surface area contributed by atoms with Crippen LogP contribution < -0.4 is 10.6 Å². The highest BCUT2D eigenvalue weighted by molar-refractivity contribution is 5.80. The third kappa shape index (κ3) is 6.96. The molecule has 1 saturated heterocycles. The first-order valence-electron chi connectivity index (χ1n) is 9.84. The smallest absolute Gasteiger partial charge is 0.191 e. The molecule has 0 amide bonds. The van der Waals surface area contributed by atoms with Gasteiger partial charge in [0.25, 0.3) is 0 Å². The van der Waals surface area contributed by atoms with Crippen LogP contribution in [0.5, 0.6) is 0 Å². The van der Waals surface area contributed by atoms with Gasteiger partial charge in [-0.3, -0.25) is 0 Å². The molecule has 2 heterocycles. The first-order valence-corrected chi connectivity index (χ1v) is 9.84. The van der Waals surface area contributed by atoms with Crippen LogP contribution in [0.25, 0.3) is 0 Å². The third-order valence-electron chi connectivity index (χ3n) is 4.66. The van der Waals surface area contributed by atoms with Crippen molar-refractivity contribution < 1.29 is 9.26 Å². The number of aromatic nitrogens is 1. The van der Waals surface area contributed by atoms with Gasteiger partial charge in [0, 0.05) is 52.0 Å². The van der Waals surface area contributed by atoms with E-state index >= 15 is 0 Å². The lowest BCUT2D eigenvalue weighted by atomic mass is 10.1. The van der Waals surface area contributed by atoms with Crippen LogP contribution in [0.1, 0.15) is 57.4 Å². The Morgan fingerprint density at radius 3 is 2.81 bits per heavy atom. The average molecular weight is 366 g/mol. The Kier molecular flexibility index (Phi) is 8.91. The molecule has 1 fully saturated rings. The van der Waals surface area contributed by atoms with E-state index in [-0.39, 0.29) is 0 Å². The Labute approximate surface area is 157 Å². The number of guanidine groups is 1. The molecule has 2 N–H and O–H groups in total. The Morgan fingerprint density at radius 2 is 2.19 bits per heavy atom. The summed E-state index contributed by atoms with van der Waals surface area (Å²) in [5, 5.41) is 11.0. The summed E-state index contributed by atoms with van der Waals surface area (Å²) in [4.78, 5) is 7.18. The van der Waals surface area contributed by atoms with Crippen LogP contribution in [0.15, 0.2) is 15.6 Å². The van der Waals surface area contributed by atoms with Gasteiger partial charge in [0.05, 0.1) is 5.69 Å². The van der Waals surface area contributed by atoms with E-state index in [1.807, 2.05) is 6.07 Å². The molecule has 0 unspecified atom stereocenters. The highest BCUT2D eigenvalue weighted by atomic mass is 16.5. The number of hydrogen-bond donors (Lipinski definition) is 2. The maximum atomic E-state index is 5.38. The molecule has 7 heteroatoms. The van der Waals surface area contributed by atoms with Gasteiger partial charge in [0.2, 0.25) is 0 Å². The summed E-state index contributed by atoms with van der Waals surface area (Å²) < 4.78 is 10.5. The standard InChI is InChI=1S/C19H35N5O2/c1-5-20-19(21-14-17-13-18(15(2)3)23-26-17)22-16-7-10-24(11-8-16)9-6-12-25-4/h13,15-16H,5-12,14H2,1-4H3,(H2,20,21,22). The number of nitrogens with one attached hydrogen (secondary N) is 2. The zero-order valence-electron chi connectivity index (χ0n) is 16.8. The van der Waals surface area contributed by atoms with Gasteiger partial charge in [-0.15, -0.1) is 0 Å². The number of ether oxygens (including phenoxy) is 1. The molecule has 1 aliphatic rings. The molecule has 148 valence electrons. The topological polar surface area (TPSA) is 74.9 Å². The Balaban J connectivity index is 1.80. The Morgan fingerprint density at radius 1 is 1.42 bits per heavy atom. The number of piperidine rings is 1. The molecule has 0 spiro atoms. The highest BCUT2D eigenvalue weighted by Gasteiger charge is 2.19. The normalized spacial score (nSPS) is 17.0. The van der Waals surface area contributed by atoms with Gasteiger partial charge < -0.3 is 24.8 Å². The zero-order chi connectivity index (χ0) is 18.8. The van der Waals surface area contributed by atoms with Crippen molar-refractivity contribution in [3.63, 3.8) is 0 Å². The van der Waals surface area contributed by atoms with Crippen LogP contribution in [-0.4, -0.2) is 62.0 Å². The van der Waals surface area contributed by atoms with E-state index in [4.69, 9.17) is 9.26 Å². The van der Waals surface area contributed by atoms with E-state index in [9.17, 15) is 0 Å². The molecule has 0 atom stereocenters. The summed E-state index contributed by atoms with van der Waals surface area (Å²) in [6, 6.07) is 2.46. The van der Waals surface area contributed by atoms with Crippen molar-refractivity contribution in [3.05, 3.63) is 17.5 Å². The van der Waals surface area contributed by atoms with Gasteiger partial charge in [-0.25, -0.2) is 4.99 Å². The molecular weight excluding hydrogens is 330 g/mol. The summed E-state index contributed by atoms with van der Waals surface area (Å²) in [7, 11) is 1.76. The maximum Gasteiger partial charge on any atom is 0.191 e. The second-order valence-corrected chi connectivity index (χ2v) is 7.17. The molecule has 0 bridgehead atoms. The van der Waals surface area contributed by atoms with Gasteiger partial charge in [0.1, 0.15) is 6.54 Å². The van der Waals surface area contributed by atoms with E-state index < -0.39 is 0 Å². The molecular formula is C19H35N5O2. The third-order valence-corrected chi connectivity index (χ3v) is 4.66. The van der Waals surface area contributed by atoms with E-state index in [0.717, 1.165) is 69.5 Å². The number of methoxy groups -OCH3 is 1. The predicted octanol–water partition coefficient (Wildman–Crippen LogP) is 2.35. The van der Waals surface area contributed by atoms with E-state index in [0.29, 0.717) is 18.5 Å². The van der Waals surface area contributed by atoms with Crippen molar-refractivity contribution in [2.45, 2.75) is 58.5 Å². The monoisotopic (exact) mass is 365 g/mol. The second kappa shape index (κ2) is 11.2. The molecule has 2 rings (SSSR count). The van der Waals surface area contributed by atoms with Gasteiger partial charge in [-0.05, 0) is 32.1 Å². The molecule has 26 heavy (non-hydrogen) atoms. The minimum atomic E-state index is 0.372. The van der Waals surface area contributed by atoms with Crippen molar-refractivity contribution in [2.24, 2.45) is 4.99 Å². The highest BCUT2D eigenvalue weighted by Crippen LogP contribution is 2.15. The molecule has 1 aromatic heterocycles. The Hall–Kier alpha value is -1.60. The maximum absolute atomic E-state index is 5.38. The molecule has 0 aliphatic carbocycles. The lowest BCUT2D eigenvalue weighted by molar-refractivity contribution is 0.155. The first-order chi connectivity index (χ1) is 12.6. The number of rotatable bonds is 9. The van der Waals surface area contributed by atoms with Gasteiger partial charge in [-0.2, -0.15) is 0 Å². The van der Waals surface area contributed by atoms with Gasteiger partial charge >= 0.3 is 0 Å². The molecule has 0 saturated carbocycles. The number of aliphatic imine (C=N–C) groups is 1. The SMILES string of the molecule is CCNC(=NCc1cc(C(C)C)no1)NC1CCN(CCCOC)CC1. The van der Waals surface area contributed by atoms with E-state index in [2.05, 4.69) is 46.5 Å². The van der Waals surface area contributed by atoms with E-state index in [1.165, 1.54) is 0 Å². The zero-order valence-corrected chi connectivity index (χ0v) is 16.8. The Bertz CT molecular complexity index is 536. The van der Waals surface area contributed by atoms with Crippen molar-refractivity contribution in [2.75, 3.05) is 39.9 Å². The molecule has 1 aromatic rings. The lowest BCUT2D eigenvalue weighted by Gasteiger charge is -2.33. The van der Waals surface area contributed by atoms with Crippen LogP contribution in [0.3, 0.4) is 0 Å². The summed E-state index contributed by atoms with van der Waals surface area (Å²) in [5.74, 6) is 2.03. The summed E-state index contributed by atoms with van der Waals surface area (Å²) in [6.07, 6.45) is 3.38. The van der Waals surface area contributed by atoms with Crippen molar-refractivity contribution in [1.82, 2.24) is 20.7 Å². The van der Waals surface area contributed by atoms with Gasteiger partial charge in [-0.1, -0.05) is 19.0 Å². The molecule has 0 radical (unpaired) electrons. The largest absolute Gasteiger partial charge is 0.385 e. The molecule has 7 nitrogen and oxygen atoms in total. The number of likely N-dealkylation sites (tertiary alicyclic amines) is 1. The molecule has 0 aromatic carbocycles. The average Bonchev–Trinajstić information content (AvgIpc) is 3.11. The first kappa shape index (κ1) is 20.7. The summed E-state index contributed by atoms with van der Waals surface area (Å²) in [5.41, 5.74) is 0.981. The second-order valence-electron chi connectivity index (χ2n) is 7.17. The fourth-order valence-electron chi connectivity index (χ4n) is 3.08.